The molecule has 3 fully saturated rings. The van der Waals surface area contributed by atoms with Crippen LogP contribution in [0.5, 0.6) is 0 Å². The SMILES string of the molecule is NC1CC1ONC(=O)[C@H]1NC[C@H](NOS(=O)(=O)O)C2CC21. The normalized spacial score (nSPS) is 41.2. The van der Waals surface area contributed by atoms with Crippen molar-refractivity contribution in [3.63, 3.8) is 0 Å². The average molecular weight is 322 g/mol. The lowest BCUT2D eigenvalue weighted by molar-refractivity contribution is -0.138. The second-order valence-corrected chi connectivity index (χ2v) is 6.73. The van der Waals surface area contributed by atoms with Crippen molar-refractivity contribution < 1.29 is 26.9 Å². The molecule has 120 valence electrons. The van der Waals surface area contributed by atoms with Gasteiger partial charge in [0.2, 0.25) is 0 Å². The first-order chi connectivity index (χ1) is 9.85. The molecule has 0 aromatic rings. The van der Waals surface area contributed by atoms with E-state index >= 15 is 0 Å². The first kappa shape index (κ1) is 15.1. The summed E-state index contributed by atoms with van der Waals surface area (Å²) >= 11 is 0. The monoisotopic (exact) mass is 322 g/mol. The van der Waals surface area contributed by atoms with Crippen LogP contribution in [0, 0.1) is 11.8 Å². The van der Waals surface area contributed by atoms with Gasteiger partial charge in [-0.1, -0.05) is 0 Å². The third-order valence-corrected chi connectivity index (χ3v) is 4.38. The number of amides is 1. The molecule has 0 aromatic carbocycles. The zero-order valence-corrected chi connectivity index (χ0v) is 11.9. The topological polar surface area (TPSA) is 152 Å². The average Bonchev–Trinajstić information content (AvgIpc) is 3.28. The Kier molecular flexibility index (Phi) is 3.90. The van der Waals surface area contributed by atoms with E-state index in [0.29, 0.717) is 6.54 Å². The highest BCUT2D eigenvalue weighted by Gasteiger charge is 2.53. The summed E-state index contributed by atoms with van der Waals surface area (Å²) in [6, 6.07) is -0.669. The van der Waals surface area contributed by atoms with Crippen LogP contribution in [0.1, 0.15) is 12.8 Å². The minimum Gasteiger partial charge on any atom is -0.325 e. The number of fused-ring (bicyclic) bond motifs is 1. The number of carbonyl (C=O) groups excluding carboxylic acids is 1. The zero-order valence-electron chi connectivity index (χ0n) is 11.1. The Hall–Kier alpha value is -0.820. The quantitative estimate of drug-likeness (QED) is 0.262. The number of hydrogen-bond acceptors (Lipinski definition) is 8. The Bertz CT molecular complexity index is 528. The molecule has 1 aliphatic heterocycles. The molecule has 0 spiro atoms. The van der Waals surface area contributed by atoms with E-state index in [1.807, 2.05) is 0 Å². The molecular weight excluding hydrogens is 304 g/mol. The molecule has 2 aliphatic carbocycles. The molecule has 1 heterocycles. The van der Waals surface area contributed by atoms with Crippen molar-refractivity contribution in [1.82, 2.24) is 16.3 Å². The Balaban J connectivity index is 1.44. The molecule has 6 atom stereocenters. The molecule has 1 saturated heterocycles. The minimum absolute atomic E-state index is 0.00977. The molecule has 3 rings (SSSR count). The van der Waals surface area contributed by atoms with Crippen molar-refractivity contribution in [2.45, 2.75) is 37.1 Å². The summed E-state index contributed by atoms with van der Waals surface area (Å²) in [5.74, 6) is -0.0552. The highest BCUT2D eigenvalue weighted by molar-refractivity contribution is 7.80. The van der Waals surface area contributed by atoms with Gasteiger partial charge in [0, 0.05) is 18.6 Å². The van der Waals surface area contributed by atoms with Gasteiger partial charge in [0.15, 0.2) is 0 Å². The molecule has 21 heavy (non-hydrogen) atoms. The fraction of sp³-hybridized carbons (Fsp3) is 0.900. The summed E-state index contributed by atoms with van der Waals surface area (Å²) in [5, 5.41) is 3.01. The lowest BCUT2D eigenvalue weighted by atomic mass is 10.0. The highest BCUT2D eigenvalue weighted by Crippen LogP contribution is 2.46. The largest absolute Gasteiger partial charge is 0.413 e. The van der Waals surface area contributed by atoms with Crippen molar-refractivity contribution in [1.29, 1.82) is 0 Å². The molecule has 0 aromatic heterocycles. The predicted octanol–water partition coefficient (Wildman–Crippen LogP) is -2.57. The number of carbonyl (C=O) groups is 1. The maximum atomic E-state index is 12.0. The van der Waals surface area contributed by atoms with Gasteiger partial charge in [-0.2, -0.15) is 18.2 Å². The fourth-order valence-corrected chi connectivity index (χ4v) is 2.94. The third-order valence-electron chi connectivity index (χ3n) is 4.07. The molecule has 0 bridgehead atoms. The van der Waals surface area contributed by atoms with Crippen LogP contribution in [0.4, 0.5) is 0 Å². The van der Waals surface area contributed by atoms with Gasteiger partial charge >= 0.3 is 10.4 Å². The van der Waals surface area contributed by atoms with Crippen molar-refractivity contribution in [3.8, 4) is 0 Å². The predicted molar refractivity (Wildman–Crippen MR) is 68.6 cm³/mol. The molecule has 0 radical (unpaired) electrons. The number of nitrogens with one attached hydrogen (secondary N) is 3. The van der Waals surface area contributed by atoms with Crippen molar-refractivity contribution in [2.24, 2.45) is 17.6 Å². The molecule has 11 heteroatoms. The van der Waals surface area contributed by atoms with Crippen molar-refractivity contribution in [3.05, 3.63) is 0 Å². The van der Waals surface area contributed by atoms with Crippen LogP contribution >= 0.6 is 0 Å². The highest BCUT2D eigenvalue weighted by atomic mass is 32.3. The third kappa shape index (κ3) is 3.69. The smallest absolute Gasteiger partial charge is 0.325 e. The summed E-state index contributed by atoms with van der Waals surface area (Å²) in [7, 11) is -4.52. The van der Waals surface area contributed by atoms with Gasteiger partial charge in [-0.25, -0.2) is 5.48 Å². The van der Waals surface area contributed by atoms with Gasteiger partial charge in [0.25, 0.3) is 5.91 Å². The first-order valence-corrected chi connectivity index (χ1v) is 8.07. The number of hydrogen-bond donors (Lipinski definition) is 5. The molecule has 6 N–H and O–H groups in total. The van der Waals surface area contributed by atoms with Crippen LogP contribution in [-0.4, -0.2) is 49.7 Å². The van der Waals surface area contributed by atoms with Crippen LogP contribution in [-0.2, 0) is 24.3 Å². The van der Waals surface area contributed by atoms with Crippen LogP contribution in [0.3, 0.4) is 0 Å². The summed E-state index contributed by atoms with van der Waals surface area (Å²) < 4.78 is 33.7. The van der Waals surface area contributed by atoms with Gasteiger partial charge < -0.3 is 11.1 Å². The van der Waals surface area contributed by atoms with E-state index in [1.165, 1.54) is 0 Å². The Labute approximate surface area is 121 Å². The van der Waals surface area contributed by atoms with E-state index in [0.717, 1.165) is 12.8 Å². The zero-order chi connectivity index (χ0) is 15.2. The van der Waals surface area contributed by atoms with E-state index in [1.54, 1.807) is 0 Å². The molecule has 10 nitrogen and oxygen atoms in total. The van der Waals surface area contributed by atoms with Crippen LogP contribution in [0.15, 0.2) is 0 Å². The molecule has 4 unspecified atom stereocenters. The van der Waals surface area contributed by atoms with Crippen LogP contribution in [0.25, 0.3) is 0 Å². The Morgan fingerprint density at radius 1 is 1.33 bits per heavy atom. The van der Waals surface area contributed by atoms with Gasteiger partial charge in [-0.15, -0.1) is 0 Å². The summed E-state index contributed by atoms with van der Waals surface area (Å²) in [6.45, 7) is 0.345. The van der Waals surface area contributed by atoms with Crippen molar-refractivity contribution >= 4 is 16.3 Å². The lowest BCUT2D eigenvalue weighted by Gasteiger charge is -2.28. The maximum absolute atomic E-state index is 12.0. The van der Waals surface area contributed by atoms with Gasteiger partial charge in [-0.05, 0) is 24.7 Å². The summed E-state index contributed by atoms with van der Waals surface area (Å²) in [6.07, 6.45) is 1.40. The van der Waals surface area contributed by atoms with E-state index in [2.05, 4.69) is 20.6 Å². The summed E-state index contributed by atoms with van der Waals surface area (Å²) in [4.78, 5) is 17.1. The Morgan fingerprint density at radius 3 is 2.67 bits per heavy atom. The number of hydroxylamine groups is 2. The van der Waals surface area contributed by atoms with Crippen LogP contribution < -0.4 is 22.0 Å². The van der Waals surface area contributed by atoms with E-state index in [4.69, 9.17) is 15.1 Å². The minimum atomic E-state index is -4.52. The number of rotatable bonds is 6. The lowest BCUT2D eigenvalue weighted by Crippen LogP contribution is -2.55. The van der Waals surface area contributed by atoms with E-state index in [9.17, 15) is 13.2 Å². The maximum Gasteiger partial charge on any atom is 0.413 e. The molecular formula is C10H18N4O6S. The molecule has 2 saturated carbocycles. The second-order valence-electron chi connectivity index (χ2n) is 5.71. The van der Waals surface area contributed by atoms with E-state index in [-0.39, 0.29) is 42.0 Å². The number of nitrogens with two attached hydrogens (primary N) is 1. The first-order valence-electron chi connectivity index (χ1n) is 6.71. The second kappa shape index (κ2) is 5.43. The Morgan fingerprint density at radius 2 is 2.05 bits per heavy atom. The molecule has 3 aliphatic rings. The van der Waals surface area contributed by atoms with Gasteiger partial charge in [-0.3, -0.25) is 14.2 Å². The fourth-order valence-electron chi connectivity index (χ4n) is 2.70. The molecule has 1 amide bonds. The van der Waals surface area contributed by atoms with Gasteiger partial charge in [0.1, 0.15) is 6.10 Å². The summed E-state index contributed by atoms with van der Waals surface area (Å²) in [5.41, 5.74) is 10.3. The van der Waals surface area contributed by atoms with Crippen LogP contribution in [0.2, 0.25) is 0 Å². The van der Waals surface area contributed by atoms with Gasteiger partial charge in [0.05, 0.1) is 6.04 Å². The van der Waals surface area contributed by atoms with E-state index < -0.39 is 10.4 Å². The number of piperidine rings is 1. The standard InChI is InChI=1S/C10H18N4O6S/c11-6-2-8(6)19-14-10(15)9-5-1-4(5)7(3-12-9)13-20-21(16,17)18/h4-9,12-13H,1-3,11H2,(H,14,15)(H,16,17,18)/t4?,5?,6?,7-,8?,9-/m0/s1. The van der Waals surface area contributed by atoms with Crippen molar-refractivity contribution in [2.75, 3.05) is 6.54 Å².